The van der Waals surface area contributed by atoms with Gasteiger partial charge in [0.15, 0.2) is 0 Å². The van der Waals surface area contributed by atoms with Crippen LogP contribution >= 0.6 is 24.8 Å². The fourth-order valence-electron chi connectivity index (χ4n) is 1.79. The molecule has 0 unspecified atom stereocenters. The average Bonchev–Trinajstić information content (AvgIpc) is 2.24. The van der Waals surface area contributed by atoms with Crippen LogP contribution < -0.4 is 5.73 Å². The van der Waals surface area contributed by atoms with Gasteiger partial charge in [-0.3, -0.25) is 4.79 Å². The first-order valence-electron chi connectivity index (χ1n) is 6.32. The number of carbonyl (C=O) groups is 1. The highest BCUT2D eigenvalue weighted by molar-refractivity contribution is 5.85. The summed E-state index contributed by atoms with van der Waals surface area (Å²) in [5.41, 5.74) is 5.44. The van der Waals surface area contributed by atoms with Crippen LogP contribution in [-0.4, -0.2) is 41.7 Å². The van der Waals surface area contributed by atoms with Crippen LogP contribution in [0.25, 0.3) is 0 Å². The van der Waals surface area contributed by atoms with Crippen molar-refractivity contribution in [2.24, 2.45) is 5.73 Å². The Morgan fingerprint density at radius 3 is 2.00 bits per heavy atom. The Morgan fingerprint density at radius 2 is 1.61 bits per heavy atom. The van der Waals surface area contributed by atoms with Crippen LogP contribution in [0.4, 0.5) is 0 Å². The van der Waals surface area contributed by atoms with Crippen molar-refractivity contribution in [2.75, 3.05) is 19.6 Å². The molecule has 0 aromatic carbocycles. The molecule has 0 aliphatic carbocycles. The summed E-state index contributed by atoms with van der Waals surface area (Å²) in [6, 6.07) is -0.689. The van der Waals surface area contributed by atoms with E-state index in [1.807, 2.05) is 0 Å². The van der Waals surface area contributed by atoms with Gasteiger partial charge in [-0.2, -0.15) is 0 Å². The Balaban J connectivity index is -0.00000112. The zero-order valence-corrected chi connectivity index (χ0v) is 13.1. The highest BCUT2D eigenvalue weighted by Crippen LogP contribution is 2.03. The number of halogens is 2. The largest absolute Gasteiger partial charge is 0.480 e. The minimum absolute atomic E-state index is 0. The molecule has 0 aromatic rings. The normalized spacial score (nSPS) is 11.6. The van der Waals surface area contributed by atoms with Gasteiger partial charge in [-0.15, -0.1) is 24.8 Å². The zero-order valence-electron chi connectivity index (χ0n) is 11.4. The van der Waals surface area contributed by atoms with Gasteiger partial charge in [0.2, 0.25) is 0 Å². The lowest BCUT2D eigenvalue weighted by atomic mass is 10.1. The number of carboxylic acids is 1. The standard InChI is InChI=1S/C12H26N2O2.2ClH/c1-3-8-14(9-4-2)10-6-5-7-11(13)12(15)16;;/h11H,3-10,13H2,1-2H3,(H,15,16);2*1H/t11-;;/m0../s1. The maximum Gasteiger partial charge on any atom is 0.320 e. The summed E-state index contributed by atoms with van der Waals surface area (Å²) in [4.78, 5) is 12.9. The average molecular weight is 303 g/mol. The Hall–Kier alpha value is -0.0300. The molecule has 6 heteroatoms. The summed E-state index contributed by atoms with van der Waals surface area (Å²) in [5, 5.41) is 8.62. The summed E-state index contributed by atoms with van der Waals surface area (Å²) >= 11 is 0. The van der Waals surface area contributed by atoms with Gasteiger partial charge in [0, 0.05) is 0 Å². The van der Waals surface area contributed by atoms with Crippen LogP contribution in [0.5, 0.6) is 0 Å². The maximum absolute atomic E-state index is 10.5. The van der Waals surface area contributed by atoms with E-state index in [2.05, 4.69) is 18.7 Å². The Morgan fingerprint density at radius 1 is 1.11 bits per heavy atom. The lowest BCUT2D eigenvalue weighted by Gasteiger charge is -2.20. The van der Waals surface area contributed by atoms with Crippen LogP contribution in [0.15, 0.2) is 0 Å². The van der Waals surface area contributed by atoms with Crippen molar-refractivity contribution in [1.82, 2.24) is 4.90 Å². The predicted molar refractivity (Wildman–Crippen MR) is 81.0 cm³/mol. The molecule has 0 spiro atoms. The molecule has 0 aliphatic heterocycles. The number of hydrogen-bond donors (Lipinski definition) is 2. The molecule has 0 radical (unpaired) electrons. The minimum atomic E-state index is -0.890. The third-order valence-corrected chi connectivity index (χ3v) is 2.64. The van der Waals surface area contributed by atoms with E-state index < -0.39 is 12.0 Å². The monoisotopic (exact) mass is 302 g/mol. The van der Waals surface area contributed by atoms with Crippen molar-refractivity contribution in [3.63, 3.8) is 0 Å². The smallest absolute Gasteiger partial charge is 0.320 e. The Bertz CT molecular complexity index is 189. The van der Waals surface area contributed by atoms with E-state index in [0.717, 1.165) is 32.5 Å². The molecule has 112 valence electrons. The van der Waals surface area contributed by atoms with E-state index in [0.29, 0.717) is 6.42 Å². The first-order chi connectivity index (χ1) is 7.61. The quantitative estimate of drug-likeness (QED) is 0.609. The van der Waals surface area contributed by atoms with E-state index in [-0.39, 0.29) is 24.8 Å². The molecule has 0 rings (SSSR count). The molecule has 0 fully saturated rings. The Labute approximate surface area is 123 Å². The molecule has 0 aliphatic rings. The van der Waals surface area contributed by atoms with Crippen molar-refractivity contribution in [3.05, 3.63) is 0 Å². The molecule has 1 atom stereocenters. The molecule has 0 bridgehead atoms. The predicted octanol–water partition coefficient (Wildman–Crippen LogP) is 2.53. The number of nitrogens with two attached hydrogens (primary N) is 1. The molecule has 0 saturated carbocycles. The van der Waals surface area contributed by atoms with Crippen LogP contribution in [0.1, 0.15) is 46.0 Å². The Kier molecular flexibility index (Phi) is 19.3. The number of carboxylic acid groups (broad SMARTS) is 1. The molecule has 3 N–H and O–H groups in total. The third kappa shape index (κ3) is 12.4. The molecule has 0 saturated heterocycles. The van der Waals surface area contributed by atoms with Crippen LogP contribution in [0.2, 0.25) is 0 Å². The number of hydrogen-bond acceptors (Lipinski definition) is 3. The van der Waals surface area contributed by atoms with E-state index in [1.165, 1.54) is 12.8 Å². The highest BCUT2D eigenvalue weighted by atomic mass is 35.5. The fourth-order valence-corrected chi connectivity index (χ4v) is 1.79. The number of unbranched alkanes of at least 4 members (excludes halogenated alkanes) is 1. The molecule has 0 aromatic heterocycles. The molecule has 4 nitrogen and oxygen atoms in total. The highest BCUT2D eigenvalue weighted by Gasteiger charge is 2.10. The number of aliphatic carboxylic acids is 1. The second-order valence-corrected chi connectivity index (χ2v) is 4.28. The fraction of sp³-hybridized carbons (Fsp3) is 0.917. The van der Waals surface area contributed by atoms with Crippen molar-refractivity contribution in [3.8, 4) is 0 Å². The molecular weight excluding hydrogens is 275 g/mol. The van der Waals surface area contributed by atoms with Crippen molar-refractivity contribution in [1.29, 1.82) is 0 Å². The van der Waals surface area contributed by atoms with Gasteiger partial charge in [-0.25, -0.2) is 0 Å². The summed E-state index contributed by atoms with van der Waals surface area (Å²) < 4.78 is 0. The summed E-state index contributed by atoms with van der Waals surface area (Å²) in [6.45, 7) is 7.71. The van der Waals surface area contributed by atoms with Gasteiger partial charge in [-0.1, -0.05) is 20.3 Å². The summed E-state index contributed by atoms with van der Waals surface area (Å²) in [5.74, 6) is -0.890. The lowest BCUT2D eigenvalue weighted by Crippen LogP contribution is -2.30. The van der Waals surface area contributed by atoms with Gasteiger partial charge in [-0.05, 0) is 45.3 Å². The first-order valence-corrected chi connectivity index (χ1v) is 6.32. The third-order valence-electron chi connectivity index (χ3n) is 2.64. The van der Waals surface area contributed by atoms with Gasteiger partial charge < -0.3 is 15.7 Å². The summed E-state index contributed by atoms with van der Waals surface area (Å²) in [7, 11) is 0. The van der Waals surface area contributed by atoms with E-state index in [9.17, 15) is 4.79 Å². The molecule has 0 heterocycles. The first kappa shape index (κ1) is 23.1. The SMILES string of the molecule is CCCN(CCC)CCCC[C@H](N)C(=O)O.Cl.Cl. The van der Waals surface area contributed by atoms with Gasteiger partial charge in [0.25, 0.3) is 0 Å². The maximum atomic E-state index is 10.5. The van der Waals surface area contributed by atoms with Gasteiger partial charge in [0.1, 0.15) is 6.04 Å². The lowest BCUT2D eigenvalue weighted by molar-refractivity contribution is -0.138. The summed E-state index contributed by atoms with van der Waals surface area (Å²) in [6.07, 6.45) is 4.88. The van der Waals surface area contributed by atoms with Crippen molar-refractivity contribution < 1.29 is 9.90 Å². The van der Waals surface area contributed by atoms with Crippen LogP contribution in [0.3, 0.4) is 0 Å². The van der Waals surface area contributed by atoms with E-state index >= 15 is 0 Å². The molecule has 18 heavy (non-hydrogen) atoms. The van der Waals surface area contributed by atoms with Crippen molar-refractivity contribution in [2.45, 2.75) is 52.0 Å². The molecule has 0 amide bonds. The second-order valence-electron chi connectivity index (χ2n) is 4.28. The van der Waals surface area contributed by atoms with Crippen LogP contribution in [0, 0.1) is 0 Å². The second kappa shape index (κ2) is 15.0. The topological polar surface area (TPSA) is 66.6 Å². The zero-order chi connectivity index (χ0) is 12.4. The van der Waals surface area contributed by atoms with Gasteiger partial charge >= 0.3 is 5.97 Å². The number of rotatable bonds is 10. The van der Waals surface area contributed by atoms with E-state index in [1.54, 1.807) is 0 Å². The number of nitrogens with zero attached hydrogens (tertiary/aromatic N) is 1. The van der Waals surface area contributed by atoms with Crippen LogP contribution in [-0.2, 0) is 4.79 Å². The van der Waals surface area contributed by atoms with Crippen molar-refractivity contribution >= 4 is 30.8 Å². The molecular formula is C12H28Cl2N2O2. The minimum Gasteiger partial charge on any atom is -0.480 e. The van der Waals surface area contributed by atoms with E-state index in [4.69, 9.17) is 10.8 Å². The van der Waals surface area contributed by atoms with Gasteiger partial charge in [0.05, 0.1) is 0 Å².